The number of Topliss-reactive ketones (excluding diaryl/α,β-unsaturated/α-hetero) is 1. The molecule has 0 saturated heterocycles. The van der Waals surface area contributed by atoms with Crippen molar-refractivity contribution in [1.82, 2.24) is 5.48 Å². The molecule has 0 aliphatic carbocycles. The van der Waals surface area contributed by atoms with E-state index in [1.54, 1.807) is 19.1 Å². The molecular formula is C21H29FN2O4S. The van der Waals surface area contributed by atoms with E-state index < -0.39 is 11.7 Å². The number of carbonyl (C=O) groups excluding carboxylic acids is 2. The van der Waals surface area contributed by atoms with Crippen LogP contribution in [-0.4, -0.2) is 30.0 Å². The normalized spacial score (nSPS) is 10.4. The number of amides is 1. The van der Waals surface area contributed by atoms with E-state index in [0.29, 0.717) is 15.4 Å². The number of anilines is 2. The molecule has 0 fully saturated rings. The summed E-state index contributed by atoms with van der Waals surface area (Å²) in [7, 11) is 0. The van der Waals surface area contributed by atoms with Crippen molar-refractivity contribution in [2.75, 3.05) is 18.5 Å². The summed E-state index contributed by atoms with van der Waals surface area (Å²) < 4.78 is 14.3. The molecule has 2 rings (SSSR count). The standard InChI is InChI=1S/C19H23FN2O4S.C2H6/c1-10(2)15-16(18(25)22-26-8-7-23)19(27-17(15)12(4)24)21-14-6-5-11(3)9-13(14)20;1-2/h5-6,9-10,21,23H,7-8H2,1-4H3,(H,22,25);1-2H3. The molecule has 1 heterocycles. The predicted octanol–water partition coefficient (Wildman–Crippen LogP) is 4.95. The van der Waals surface area contributed by atoms with Crippen LogP contribution >= 0.6 is 11.3 Å². The van der Waals surface area contributed by atoms with Gasteiger partial charge in [0.1, 0.15) is 10.8 Å². The fraction of sp³-hybridized carbons (Fsp3) is 0.429. The van der Waals surface area contributed by atoms with Crippen LogP contribution in [0.1, 0.15) is 71.7 Å². The minimum atomic E-state index is -0.564. The maximum atomic E-state index is 14.3. The Morgan fingerprint density at radius 3 is 2.45 bits per heavy atom. The second-order valence-corrected chi connectivity index (χ2v) is 7.39. The van der Waals surface area contributed by atoms with E-state index in [1.165, 1.54) is 13.0 Å². The number of nitrogens with one attached hydrogen (secondary N) is 2. The molecular weight excluding hydrogens is 395 g/mol. The number of aryl methyl sites for hydroxylation is 1. The number of halogens is 1. The van der Waals surface area contributed by atoms with E-state index in [2.05, 4.69) is 10.8 Å². The Labute approximate surface area is 175 Å². The van der Waals surface area contributed by atoms with Crippen molar-refractivity contribution in [1.29, 1.82) is 0 Å². The number of ketones is 1. The largest absolute Gasteiger partial charge is 0.394 e. The highest BCUT2D eigenvalue weighted by atomic mass is 32.1. The molecule has 8 heteroatoms. The van der Waals surface area contributed by atoms with E-state index >= 15 is 0 Å². The number of carbonyl (C=O) groups is 2. The number of hydrogen-bond donors (Lipinski definition) is 3. The third-order valence-corrected chi connectivity index (χ3v) is 5.02. The maximum Gasteiger partial charge on any atom is 0.278 e. The summed E-state index contributed by atoms with van der Waals surface area (Å²) in [5, 5.41) is 12.1. The van der Waals surface area contributed by atoms with Crippen LogP contribution in [0.4, 0.5) is 15.1 Å². The Kier molecular flexibility index (Phi) is 9.94. The van der Waals surface area contributed by atoms with Crippen molar-refractivity contribution >= 4 is 33.7 Å². The van der Waals surface area contributed by atoms with Gasteiger partial charge in [0, 0.05) is 0 Å². The smallest absolute Gasteiger partial charge is 0.278 e. The Hall–Kier alpha value is -2.29. The second kappa shape index (κ2) is 11.6. The minimum absolute atomic E-state index is 0.0677. The molecule has 6 nitrogen and oxygen atoms in total. The van der Waals surface area contributed by atoms with Gasteiger partial charge in [-0.3, -0.25) is 14.4 Å². The zero-order valence-corrected chi connectivity index (χ0v) is 18.5. The number of benzene rings is 1. The van der Waals surface area contributed by atoms with Gasteiger partial charge in [0.25, 0.3) is 5.91 Å². The van der Waals surface area contributed by atoms with Gasteiger partial charge >= 0.3 is 0 Å². The molecule has 0 spiro atoms. The highest BCUT2D eigenvalue weighted by Gasteiger charge is 2.28. The van der Waals surface area contributed by atoms with Gasteiger partial charge in [0.2, 0.25) is 0 Å². The molecule has 0 unspecified atom stereocenters. The molecule has 160 valence electrons. The van der Waals surface area contributed by atoms with Crippen molar-refractivity contribution in [3.05, 3.63) is 45.6 Å². The first-order valence-electron chi connectivity index (χ1n) is 9.50. The zero-order chi connectivity index (χ0) is 22.1. The van der Waals surface area contributed by atoms with Crippen LogP contribution in [0, 0.1) is 12.7 Å². The molecule has 3 N–H and O–H groups in total. The molecule has 0 bridgehead atoms. The summed E-state index contributed by atoms with van der Waals surface area (Å²) in [5.74, 6) is -1.31. The first kappa shape index (κ1) is 24.7. The number of hydrogen-bond acceptors (Lipinski definition) is 6. The van der Waals surface area contributed by atoms with E-state index in [1.807, 2.05) is 27.7 Å². The average Bonchev–Trinajstić information content (AvgIpc) is 3.06. The van der Waals surface area contributed by atoms with Gasteiger partial charge in [0.15, 0.2) is 5.78 Å². The van der Waals surface area contributed by atoms with E-state index in [-0.39, 0.29) is 36.2 Å². The van der Waals surface area contributed by atoms with Gasteiger partial charge in [-0.15, -0.1) is 11.3 Å². The minimum Gasteiger partial charge on any atom is -0.394 e. The topological polar surface area (TPSA) is 87.7 Å². The third kappa shape index (κ3) is 6.35. The molecule has 0 radical (unpaired) electrons. The van der Waals surface area contributed by atoms with Crippen molar-refractivity contribution in [2.45, 2.75) is 47.5 Å². The Bertz CT molecular complexity index is 849. The number of aliphatic hydroxyl groups is 1. The van der Waals surface area contributed by atoms with E-state index in [4.69, 9.17) is 9.94 Å². The number of thiophene rings is 1. The Morgan fingerprint density at radius 2 is 1.93 bits per heavy atom. The highest BCUT2D eigenvalue weighted by Crippen LogP contribution is 2.40. The van der Waals surface area contributed by atoms with Crippen LogP contribution in [-0.2, 0) is 4.84 Å². The zero-order valence-electron chi connectivity index (χ0n) is 17.7. The first-order valence-corrected chi connectivity index (χ1v) is 10.3. The molecule has 0 atom stereocenters. The van der Waals surface area contributed by atoms with Crippen LogP contribution in [0.25, 0.3) is 0 Å². The summed E-state index contributed by atoms with van der Waals surface area (Å²) in [4.78, 5) is 30.1. The van der Waals surface area contributed by atoms with Gasteiger partial charge in [-0.2, -0.15) is 0 Å². The lowest BCUT2D eigenvalue weighted by Gasteiger charge is -2.13. The first-order chi connectivity index (χ1) is 13.8. The molecule has 1 amide bonds. The van der Waals surface area contributed by atoms with Gasteiger partial charge < -0.3 is 10.4 Å². The van der Waals surface area contributed by atoms with Gasteiger partial charge in [-0.05, 0) is 43.0 Å². The maximum absolute atomic E-state index is 14.3. The molecule has 2 aromatic rings. The summed E-state index contributed by atoms with van der Waals surface area (Å²) in [5.41, 5.74) is 4.05. The monoisotopic (exact) mass is 424 g/mol. The Balaban J connectivity index is 0.00000204. The molecule has 0 aliphatic rings. The molecule has 1 aromatic carbocycles. The quantitative estimate of drug-likeness (QED) is 0.317. The van der Waals surface area contributed by atoms with Gasteiger partial charge in [0.05, 0.1) is 29.3 Å². The van der Waals surface area contributed by atoms with Crippen LogP contribution in [0.15, 0.2) is 18.2 Å². The van der Waals surface area contributed by atoms with Crippen molar-refractivity contribution in [3.8, 4) is 0 Å². The number of hydroxylamine groups is 1. The summed E-state index contributed by atoms with van der Waals surface area (Å²) >= 11 is 1.10. The molecule has 29 heavy (non-hydrogen) atoms. The average molecular weight is 425 g/mol. The molecule has 0 aliphatic heterocycles. The van der Waals surface area contributed by atoms with Crippen LogP contribution < -0.4 is 10.8 Å². The lowest BCUT2D eigenvalue weighted by atomic mass is 9.97. The molecule has 0 saturated carbocycles. The third-order valence-electron chi connectivity index (χ3n) is 3.80. The number of aliphatic hydroxyl groups excluding tert-OH is 1. The second-order valence-electron chi connectivity index (χ2n) is 6.37. The SMILES string of the molecule is CC.CC(=O)c1sc(Nc2ccc(C)cc2F)c(C(=O)NOCCO)c1C(C)C. The van der Waals surface area contributed by atoms with Crippen molar-refractivity contribution < 1.29 is 23.9 Å². The lowest BCUT2D eigenvalue weighted by molar-refractivity contribution is 0.0168. The Morgan fingerprint density at radius 1 is 1.28 bits per heavy atom. The fourth-order valence-electron chi connectivity index (χ4n) is 2.63. The van der Waals surface area contributed by atoms with Crippen LogP contribution in [0.5, 0.6) is 0 Å². The van der Waals surface area contributed by atoms with Crippen LogP contribution in [0.3, 0.4) is 0 Å². The summed E-state index contributed by atoms with van der Waals surface area (Å²) in [6, 6.07) is 4.71. The molecule has 1 aromatic heterocycles. The van der Waals surface area contributed by atoms with Gasteiger partial charge in [-0.25, -0.2) is 9.87 Å². The van der Waals surface area contributed by atoms with E-state index in [0.717, 1.165) is 16.9 Å². The van der Waals surface area contributed by atoms with E-state index in [9.17, 15) is 14.0 Å². The lowest BCUT2D eigenvalue weighted by Crippen LogP contribution is -2.26. The summed E-state index contributed by atoms with van der Waals surface area (Å²) in [6.07, 6.45) is 0. The number of rotatable bonds is 8. The highest BCUT2D eigenvalue weighted by molar-refractivity contribution is 7.18. The van der Waals surface area contributed by atoms with Gasteiger partial charge in [-0.1, -0.05) is 33.8 Å². The summed E-state index contributed by atoms with van der Waals surface area (Å²) in [6.45, 7) is 10.6. The van der Waals surface area contributed by atoms with Crippen molar-refractivity contribution in [3.63, 3.8) is 0 Å². The predicted molar refractivity (Wildman–Crippen MR) is 115 cm³/mol. The fourth-order valence-corrected chi connectivity index (χ4v) is 3.89. The van der Waals surface area contributed by atoms with Crippen LogP contribution in [0.2, 0.25) is 0 Å². The van der Waals surface area contributed by atoms with Crippen molar-refractivity contribution in [2.24, 2.45) is 0 Å².